The van der Waals surface area contributed by atoms with Gasteiger partial charge in [-0.3, -0.25) is 9.59 Å². The van der Waals surface area contributed by atoms with Gasteiger partial charge < -0.3 is 10.3 Å². The molecule has 5 nitrogen and oxygen atoms in total. The summed E-state index contributed by atoms with van der Waals surface area (Å²) in [5.74, 6) is -0.991. The maximum Gasteiger partial charge on any atom is 0.288 e. The Morgan fingerprint density at radius 2 is 2.50 bits per heavy atom. The van der Waals surface area contributed by atoms with E-state index in [-0.39, 0.29) is 11.3 Å². The van der Waals surface area contributed by atoms with Gasteiger partial charge in [-0.25, -0.2) is 0 Å². The van der Waals surface area contributed by atoms with Gasteiger partial charge in [0.25, 0.3) is 5.91 Å². The highest BCUT2D eigenvalue weighted by atomic mass is 16.5. The molecule has 1 rings (SSSR count). The lowest BCUT2D eigenvalue weighted by molar-refractivity contribution is 0.0958. The number of carbonyl (C=O) groups is 2. The number of aldehydes is 1. The van der Waals surface area contributed by atoms with E-state index in [4.69, 9.17) is 5.73 Å². The summed E-state index contributed by atoms with van der Waals surface area (Å²) in [7, 11) is 0. The Labute approximate surface area is 55.8 Å². The van der Waals surface area contributed by atoms with Gasteiger partial charge in [-0.05, 0) is 0 Å². The third-order valence-corrected chi connectivity index (χ3v) is 0.949. The number of carbonyl (C=O) groups excluding carboxylic acids is 2. The quantitative estimate of drug-likeness (QED) is 0.565. The zero-order chi connectivity index (χ0) is 7.56. The van der Waals surface area contributed by atoms with Crippen molar-refractivity contribution >= 4 is 12.2 Å². The molecule has 0 aromatic carbocycles. The Bertz CT molecular complexity index is 266. The van der Waals surface area contributed by atoms with Crippen LogP contribution >= 0.6 is 0 Å². The molecule has 0 saturated heterocycles. The predicted octanol–water partition coefficient (Wildman–Crippen LogP) is -0.414. The van der Waals surface area contributed by atoms with Crippen molar-refractivity contribution < 1.29 is 14.1 Å². The van der Waals surface area contributed by atoms with Crippen LogP contribution in [-0.4, -0.2) is 17.4 Å². The van der Waals surface area contributed by atoms with Gasteiger partial charge in [0.15, 0.2) is 6.29 Å². The van der Waals surface area contributed by atoms with Gasteiger partial charge in [0.1, 0.15) is 0 Å². The minimum Gasteiger partial charge on any atom is -0.363 e. The minimum atomic E-state index is -0.792. The molecule has 10 heavy (non-hydrogen) atoms. The van der Waals surface area contributed by atoms with Crippen molar-refractivity contribution in [2.75, 3.05) is 0 Å². The van der Waals surface area contributed by atoms with Crippen molar-refractivity contribution in [2.24, 2.45) is 5.73 Å². The van der Waals surface area contributed by atoms with Crippen LogP contribution in [-0.2, 0) is 0 Å². The van der Waals surface area contributed by atoms with Crippen molar-refractivity contribution in [3.8, 4) is 0 Å². The van der Waals surface area contributed by atoms with Crippen LogP contribution in [0.1, 0.15) is 20.9 Å². The Morgan fingerprint density at radius 1 is 1.80 bits per heavy atom. The van der Waals surface area contributed by atoms with E-state index in [2.05, 4.69) is 9.68 Å². The number of hydrogen-bond donors (Lipinski definition) is 1. The normalized spacial score (nSPS) is 9.20. The first kappa shape index (κ1) is 6.47. The van der Waals surface area contributed by atoms with Crippen molar-refractivity contribution in [3.63, 3.8) is 0 Å². The molecule has 52 valence electrons. The molecule has 1 aromatic rings. The third kappa shape index (κ3) is 0.883. The molecule has 0 radical (unpaired) electrons. The average Bonchev–Trinajstić information content (AvgIpc) is 2.33. The predicted molar refractivity (Wildman–Crippen MR) is 30.4 cm³/mol. The first-order valence-electron chi connectivity index (χ1n) is 2.45. The highest BCUT2D eigenvalue weighted by Crippen LogP contribution is 2.02. The number of rotatable bonds is 2. The fourth-order valence-electron chi connectivity index (χ4n) is 0.518. The Kier molecular flexibility index (Phi) is 1.49. The van der Waals surface area contributed by atoms with E-state index in [1.165, 1.54) is 0 Å². The second kappa shape index (κ2) is 2.30. The highest BCUT2D eigenvalue weighted by molar-refractivity contribution is 5.97. The van der Waals surface area contributed by atoms with E-state index in [0.29, 0.717) is 6.29 Å². The van der Waals surface area contributed by atoms with Crippen LogP contribution in [0.5, 0.6) is 0 Å². The van der Waals surface area contributed by atoms with Crippen molar-refractivity contribution in [1.82, 2.24) is 5.16 Å². The summed E-state index contributed by atoms with van der Waals surface area (Å²) in [6, 6.07) is 0. The van der Waals surface area contributed by atoms with E-state index in [1.54, 1.807) is 0 Å². The zero-order valence-corrected chi connectivity index (χ0v) is 4.90. The standard InChI is InChI=1S/C5H4N2O3/c6-5(9)4-3(2-8)1-7-10-4/h1-2H,(H2,6,9). The number of primary amides is 1. The number of nitrogens with zero attached hydrogens (tertiary/aromatic N) is 1. The second-order valence-electron chi connectivity index (χ2n) is 1.59. The van der Waals surface area contributed by atoms with Gasteiger partial charge in [-0.15, -0.1) is 0 Å². The van der Waals surface area contributed by atoms with Gasteiger partial charge in [0, 0.05) is 0 Å². The van der Waals surface area contributed by atoms with Gasteiger partial charge in [0.05, 0.1) is 11.8 Å². The van der Waals surface area contributed by atoms with E-state index < -0.39 is 5.91 Å². The first-order chi connectivity index (χ1) is 4.75. The van der Waals surface area contributed by atoms with Gasteiger partial charge in [0.2, 0.25) is 5.76 Å². The maximum absolute atomic E-state index is 10.4. The van der Waals surface area contributed by atoms with Crippen molar-refractivity contribution in [2.45, 2.75) is 0 Å². The summed E-state index contributed by atoms with van der Waals surface area (Å²) in [5, 5.41) is 3.21. The smallest absolute Gasteiger partial charge is 0.288 e. The molecule has 5 heteroatoms. The van der Waals surface area contributed by atoms with E-state index >= 15 is 0 Å². The molecular formula is C5H4N2O3. The molecule has 0 saturated carbocycles. The molecule has 1 aromatic heterocycles. The van der Waals surface area contributed by atoms with Crippen LogP contribution in [0.2, 0.25) is 0 Å². The Morgan fingerprint density at radius 3 is 2.90 bits per heavy atom. The Hall–Kier alpha value is -1.65. The van der Waals surface area contributed by atoms with Crippen LogP contribution in [0.3, 0.4) is 0 Å². The summed E-state index contributed by atoms with van der Waals surface area (Å²) < 4.78 is 4.36. The molecule has 1 heterocycles. The van der Waals surface area contributed by atoms with Gasteiger partial charge >= 0.3 is 0 Å². The topological polar surface area (TPSA) is 86.2 Å². The van der Waals surface area contributed by atoms with Crippen molar-refractivity contribution in [3.05, 3.63) is 17.5 Å². The van der Waals surface area contributed by atoms with Crippen LogP contribution in [0, 0.1) is 0 Å². The molecule has 0 bridgehead atoms. The molecule has 0 spiro atoms. The molecule has 0 aliphatic rings. The first-order valence-corrected chi connectivity index (χ1v) is 2.45. The number of nitrogens with two attached hydrogens (primary N) is 1. The fourth-order valence-corrected chi connectivity index (χ4v) is 0.518. The van der Waals surface area contributed by atoms with Crippen LogP contribution in [0.4, 0.5) is 0 Å². The summed E-state index contributed by atoms with van der Waals surface area (Å²) >= 11 is 0. The lowest BCUT2D eigenvalue weighted by Crippen LogP contribution is -2.11. The third-order valence-electron chi connectivity index (χ3n) is 0.949. The molecule has 0 aliphatic heterocycles. The van der Waals surface area contributed by atoms with Crippen molar-refractivity contribution in [1.29, 1.82) is 0 Å². The SMILES string of the molecule is NC(=O)c1oncc1C=O. The van der Waals surface area contributed by atoms with E-state index in [0.717, 1.165) is 6.20 Å². The Balaban J connectivity index is 3.13. The lowest BCUT2D eigenvalue weighted by Gasteiger charge is -1.83. The minimum absolute atomic E-state index is 0.0764. The largest absolute Gasteiger partial charge is 0.363 e. The van der Waals surface area contributed by atoms with Gasteiger partial charge in [-0.1, -0.05) is 5.16 Å². The maximum atomic E-state index is 10.4. The van der Waals surface area contributed by atoms with E-state index in [1.807, 2.05) is 0 Å². The molecule has 0 atom stereocenters. The summed E-state index contributed by atoms with van der Waals surface area (Å²) in [6.07, 6.45) is 1.59. The molecule has 0 unspecified atom stereocenters. The molecule has 0 fully saturated rings. The number of amides is 1. The average molecular weight is 140 g/mol. The van der Waals surface area contributed by atoms with Crippen LogP contribution in [0.25, 0.3) is 0 Å². The molecular weight excluding hydrogens is 136 g/mol. The van der Waals surface area contributed by atoms with Gasteiger partial charge in [-0.2, -0.15) is 0 Å². The zero-order valence-electron chi connectivity index (χ0n) is 4.90. The number of aromatic nitrogens is 1. The summed E-state index contributed by atoms with van der Waals surface area (Å²) in [5.41, 5.74) is 4.88. The summed E-state index contributed by atoms with van der Waals surface area (Å²) in [6.45, 7) is 0. The summed E-state index contributed by atoms with van der Waals surface area (Å²) in [4.78, 5) is 20.5. The number of hydrogen-bond acceptors (Lipinski definition) is 4. The highest BCUT2D eigenvalue weighted by Gasteiger charge is 2.11. The van der Waals surface area contributed by atoms with Crippen LogP contribution in [0.15, 0.2) is 10.7 Å². The fraction of sp³-hybridized carbons (Fsp3) is 0. The van der Waals surface area contributed by atoms with Crippen LogP contribution < -0.4 is 5.73 Å². The van der Waals surface area contributed by atoms with E-state index in [9.17, 15) is 9.59 Å². The lowest BCUT2D eigenvalue weighted by atomic mass is 10.3. The molecule has 1 amide bonds. The second-order valence-corrected chi connectivity index (χ2v) is 1.59. The molecule has 2 N–H and O–H groups in total. The monoisotopic (exact) mass is 140 g/mol. The molecule has 0 aliphatic carbocycles.